The zero-order valence-corrected chi connectivity index (χ0v) is 18.9. The molecule has 0 radical (unpaired) electrons. The summed E-state index contributed by atoms with van der Waals surface area (Å²) in [6.07, 6.45) is 0. The fraction of sp³-hybridized carbons (Fsp3) is 0.280. The van der Waals surface area contributed by atoms with Gasteiger partial charge in [-0.2, -0.15) is 0 Å². The van der Waals surface area contributed by atoms with Crippen LogP contribution in [0.15, 0.2) is 48.5 Å². The fourth-order valence-electron chi connectivity index (χ4n) is 3.50. The molecule has 0 unspecified atom stereocenters. The average Bonchev–Trinajstić information content (AvgIpc) is 3.02. The third kappa shape index (κ3) is 4.69. The second-order valence-electron chi connectivity index (χ2n) is 7.97. The minimum Gasteiger partial charge on any atom is -0.365 e. The molecule has 5 heteroatoms. The van der Waals surface area contributed by atoms with E-state index < -0.39 is 0 Å². The topological polar surface area (TPSA) is 54.4 Å². The van der Waals surface area contributed by atoms with Crippen LogP contribution in [0.4, 0.5) is 5.82 Å². The molecule has 0 aliphatic rings. The zero-order chi connectivity index (χ0) is 21.1. The van der Waals surface area contributed by atoms with Crippen molar-refractivity contribution >= 4 is 27.4 Å². The summed E-state index contributed by atoms with van der Waals surface area (Å²) in [4.78, 5) is 12.2. The number of hydrogen-bond acceptors (Lipinski definition) is 4. The van der Waals surface area contributed by atoms with Crippen LogP contribution in [0.25, 0.3) is 10.2 Å². The van der Waals surface area contributed by atoms with E-state index in [0.29, 0.717) is 0 Å². The van der Waals surface area contributed by atoms with Gasteiger partial charge in [0.2, 0.25) is 0 Å². The van der Waals surface area contributed by atoms with Crippen LogP contribution in [0.2, 0.25) is 0 Å². The van der Waals surface area contributed by atoms with Gasteiger partial charge < -0.3 is 10.6 Å². The molecule has 0 saturated carbocycles. The van der Waals surface area contributed by atoms with Gasteiger partial charge in [0, 0.05) is 17.0 Å². The molecule has 154 valence electrons. The molecule has 2 aromatic carbocycles. The Morgan fingerprint density at radius 2 is 1.43 bits per heavy atom. The molecule has 2 aromatic heterocycles. The molecule has 0 spiro atoms. The van der Waals surface area contributed by atoms with E-state index in [0.717, 1.165) is 41.5 Å². The number of fused-ring (bicyclic) bond motifs is 1. The SMILES string of the molecule is Cc1ccc(CNc2nc(C[NH2+]Cc3ccc(C)cc3)nc3sc(C)c(C)c23)cc1. The number of aryl methyl sites for hydroxylation is 4. The number of thiophene rings is 1. The average molecular weight is 418 g/mol. The minimum atomic E-state index is 0.757. The smallest absolute Gasteiger partial charge is 0.187 e. The molecule has 0 atom stereocenters. The molecule has 4 rings (SSSR count). The van der Waals surface area contributed by atoms with Gasteiger partial charge in [0.05, 0.1) is 5.39 Å². The lowest BCUT2D eigenvalue weighted by molar-refractivity contribution is -0.687. The maximum atomic E-state index is 4.91. The summed E-state index contributed by atoms with van der Waals surface area (Å²) in [5.74, 6) is 1.82. The Bertz CT molecular complexity index is 1140. The molecule has 0 amide bonds. The molecular formula is C25H29N4S+. The number of nitrogens with zero attached hydrogens (tertiary/aromatic N) is 2. The number of nitrogens with one attached hydrogen (secondary N) is 1. The van der Waals surface area contributed by atoms with Crippen molar-refractivity contribution in [1.29, 1.82) is 0 Å². The van der Waals surface area contributed by atoms with Crippen LogP contribution < -0.4 is 10.6 Å². The number of aromatic nitrogens is 2. The number of quaternary nitrogens is 1. The lowest BCUT2D eigenvalue weighted by Gasteiger charge is -2.10. The predicted octanol–water partition coefficient (Wildman–Crippen LogP) is 4.80. The summed E-state index contributed by atoms with van der Waals surface area (Å²) >= 11 is 1.76. The standard InChI is InChI=1S/C25H28N4S/c1-16-5-9-20(10-6-16)13-26-15-22-28-24(23-18(3)19(4)30-25(23)29-22)27-14-21-11-7-17(2)8-12-21/h5-12,26H,13-15H2,1-4H3,(H,27,28,29)/p+1. The van der Waals surface area contributed by atoms with Crippen molar-refractivity contribution in [3.63, 3.8) is 0 Å². The Hall–Kier alpha value is -2.76. The molecule has 4 aromatic rings. The van der Waals surface area contributed by atoms with Crippen LogP contribution in [0, 0.1) is 27.7 Å². The van der Waals surface area contributed by atoms with Crippen LogP contribution >= 0.6 is 11.3 Å². The van der Waals surface area contributed by atoms with Gasteiger partial charge in [0.25, 0.3) is 0 Å². The highest BCUT2D eigenvalue weighted by atomic mass is 32.1. The van der Waals surface area contributed by atoms with E-state index >= 15 is 0 Å². The monoisotopic (exact) mass is 417 g/mol. The van der Waals surface area contributed by atoms with Crippen LogP contribution in [-0.4, -0.2) is 9.97 Å². The highest BCUT2D eigenvalue weighted by Crippen LogP contribution is 2.33. The molecule has 0 saturated heterocycles. The van der Waals surface area contributed by atoms with Crippen molar-refractivity contribution in [1.82, 2.24) is 9.97 Å². The second-order valence-corrected chi connectivity index (χ2v) is 9.18. The van der Waals surface area contributed by atoms with E-state index in [1.807, 2.05) is 0 Å². The van der Waals surface area contributed by atoms with Crippen molar-refractivity contribution in [2.75, 3.05) is 5.32 Å². The van der Waals surface area contributed by atoms with Crippen molar-refractivity contribution in [3.8, 4) is 0 Å². The van der Waals surface area contributed by atoms with E-state index in [1.165, 1.54) is 32.7 Å². The van der Waals surface area contributed by atoms with Crippen molar-refractivity contribution < 1.29 is 5.32 Å². The van der Waals surface area contributed by atoms with Crippen molar-refractivity contribution in [3.05, 3.63) is 87.0 Å². The summed E-state index contributed by atoms with van der Waals surface area (Å²) < 4.78 is 0. The molecular weight excluding hydrogens is 388 g/mol. The van der Waals surface area contributed by atoms with Crippen LogP contribution in [0.3, 0.4) is 0 Å². The van der Waals surface area contributed by atoms with Gasteiger partial charge in [0.1, 0.15) is 23.7 Å². The molecule has 0 aliphatic heterocycles. The molecule has 0 bridgehead atoms. The molecule has 4 nitrogen and oxygen atoms in total. The van der Waals surface area contributed by atoms with E-state index in [1.54, 1.807) is 11.3 Å². The third-order valence-corrected chi connectivity index (χ3v) is 6.58. The fourth-order valence-corrected chi connectivity index (χ4v) is 4.54. The van der Waals surface area contributed by atoms with Gasteiger partial charge in [-0.25, -0.2) is 9.97 Å². The summed E-state index contributed by atoms with van der Waals surface area (Å²) in [5.41, 5.74) is 6.42. The predicted molar refractivity (Wildman–Crippen MR) is 126 cm³/mol. The van der Waals surface area contributed by atoms with Gasteiger partial charge in [0.15, 0.2) is 5.82 Å². The molecule has 3 N–H and O–H groups in total. The number of hydrogen-bond donors (Lipinski definition) is 2. The number of nitrogens with two attached hydrogens (primary N) is 1. The van der Waals surface area contributed by atoms with Crippen molar-refractivity contribution in [2.45, 2.75) is 47.3 Å². The first-order chi connectivity index (χ1) is 14.5. The minimum absolute atomic E-state index is 0.757. The Morgan fingerprint density at radius 1 is 0.800 bits per heavy atom. The first kappa shape index (κ1) is 20.5. The van der Waals surface area contributed by atoms with Crippen molar-refractivity contribution in [2.24, 2.45) is 0 Å². The Balaban J connectivity index is 1.53. The Labute approximate surface area is 182 Å². The van der Waals surface area contributed by atoms with E-state index in [2.05, 4.69) is 86.9 Å². The zero-order valence-electron chi connectivity index (χ0n) is 18.1. The summed E-state index contributed by atoms with van der Waals surface area (Å²) in [6, 6.07) is 17.3. The summed E-state index contributed by atoms with van der Waals surface area (Å²) in [5, 5.41) is 7.00. The molecule has 2 heterocycles. The number of anilines is 1. The van der Waals surface area contributed by atoms with Crippen LogP contribution in [0.5, 0.6) is 0 Å². The second kappa shape index (κ2) is 8.94. The molecule has 0 fully saturated rings. The Morgan fingerprint density at radius 3 is 2.10 bits per heavy atom. The first-order valence-electron chi connectivity index (χ1n) is 10.4. The normalized spacial score (nSPS) is 11.2. The van der Waals surface area contributed by atoms with Gasteiger partial charge in [-0.15, -0.1) is 11.3 Å². The first-order valence-corrected chi connectivity index (χ1v) is 11.2. The summed E-state index contributed by atoms with van der Waals surface area (Å²) in [7, 11) is 0. The highest BCUT2D eigenvalue weighted by Gasteiger charge is 2.15. The lowest BCUT2D eigenvalue weighted by atomic mass is 10.1. The maximum Gasteiger partial charge on any atom is 0.187 e. The summed E-state index contributed by atoms with van der Waals surface area (Å²) in [6.45, 7) is 11.0. The third-order valence-electron chi connectivity index (χ3n) is 5.48. The van der Waals surface area contributed by atoms with E-state index in [9.17, 15) is 0 Å². The quantitative estimate of drug-likeness (QED) is 0.454. The maximum absolute atomic E-state index is 4.91. The number of rotatable bonds is 7. The highest BCUT2D eigenvalue weighted by molar-refractivity contribution is 7.18. The lowest BCUT2D eigenvalue weighted by Crippen LogP contribution is -2.81. The Kier molecular flexibility index (Phi) is 6.11. The van der Waals surface area contributed by atoms with Crippen LogP contribution in [0.1, 0.15) is 38.5 Å². The largest absolute Gasteiger partial charge is 0.365 e. The van der Waals surface area contributed by atoms with Gasteiger partial charge in [-0.1, -0.05) is 59.7 Å². The van der Waals surface area contributed by atoms with Crippen LogP contribution in [-0.2, 0) is 19.6 Å². The molecule has 30 heavy (non-hydrogen) atoms. The number of benzene rings is 2. The molecule has 0 aliphatic carbocycles. The van der Waals surface area contributed by atoms with Gasteiger partial charge in [-0.05, 0) is 38.8 Å². The van der Waals surface area contributed by atoms with E-state index in [-0.39, 0.29) is 0 Å². The van der Waals surface area contributed by atoms with Gasteiger partial charge in [-0.3, -0.25) is 0 Å². The van der Waals surface area contributed by atoms with E-state index in [4.69, 9.17) is 9.97 Å². The van der Waals surface area contributed by atoms with Gasteiger partial charge >= 0.3 is 0 Å².